The van der Waals surface area contributed by atoms with Crippen molar-refractivity contribution in [3.63, 3.8) is 0 Å². The molecule has 0 bridgehead atoms. The van der Waals surface area contributed by atoms with Gasteiger partial charge in [0.25, 0.3) is 0 Å². The molecule has 0 N–H and O–H groups in total. The van der Waals surface area contributed by atoms with Crippen molar-refractivity contribution in [2.45, 2.75) is 12.5 Å². The largest absolute Gasteiger partial charge is 0.380 e. The number of nitriles is 1. The molecule has 2 rings (SSSR count). The average Bonchev–Trinajstić information content (AvgIpc) is 2.77. The zero-order chi connectivity index (χ0) is 11.5. The normalized spacial score (nSPS) is 19.8. The monoisotopic (exact) mass is 236 g/mol. The number of nitrogens with zero attached hydrogens (tertiary/aromatic N) is 2. The first-order chi connectivity index (χ1) is 7.74. The van der Waals surface area contributed by atoms with Gasteiger partial charge in [-0.1, -0.05) is 11.6 Å². The van der Waals surface area contributed by atoms with Gasteiger partial charge in [0.05, 0.1) is 28.4 Å². The lowest BCUT2D eigenvalue weighted by molar-refractivity contribution is 0.121. The summed E-state index contributed by atoms with van der Waals surface area (Å²) < 4.78 is 5.31. The molecule has 1 aromatic carbocycles. The molecular weight excluding hydrogens is 224 g/mol. The summed E-state index contributed by atoms with van der Waals surface area (Å²) in [6.07, 6.45) is 1.30. The number of anilines is 1. The van der Waals surface area contributed by atoms with Gasteiger partial charge in [-0.15, -0.1) is 0 Å². The molecule has 3 nitrogen and oxygen atoms in total. The molecule has 0 radical (unpaired) electrons. The average molecular weight is 237 g/mol. The molecule has 1 aromatic rings. The Bertz CT molecular complexity index is 428. The summed E-state index contributed by atoms with van der Waals surface area (Å²) in [5.41, 5.74) is 1.58. The number of methoxy groups -OCH3 is 1. The first-order valence-corrected chi connectivity index (χ1v) is 5.60. The minimum atomic E-state index is 0.284. The van der Waals surface area contributed by atoms with E-state index in [1.165, 1.54) is 0 Å². The van der Waals surface area contributed by atoms with Crippen molar-refractivity contribution in [2.24, 2.45) is 0 Å². The summed E-state index contributed by atoms with van der Waals surface area (Å²) in [7, 11) is 1.73. The van der Waals surface area contributed by atoms with Gasteiger partial charge in [0, 0.05) is 20.2 Å². The lowest BCUT2D eigenvalue weighted by Gasteiger charge is -2.19. The van der Waals surface area contributed by atoms with Crippen LogP contribution in [0.5, 0.6) is 0 Å². The summed E-state index contributed by atoms with van der Waals surface area (Å²) >= 11 is 6.15. The SMILES string of the molecule is COC1CCN(c2ccc(C#N)cc2Cl)C1. The predicted molar refractivity (Wildman–Crippen MR) is 63.8 cm³/mol. The maximum Gasteiger partial charge on any atom is 0.0992 e. The van der Waals surface area contributed by atoms with Crippen molar-refractivity contribution in [3.8, 4) is 6.07 Å². The molecule has 0 spiro atoms. The number of ether oxygens (including phenoxy) is 1. The van der Waals surface area contributed by atoms with E-state index in [4.69, 9.17) is 21.6 Å². The Morgan fingerprint density at radius 3 is 2.94 bits per heavy atom. The Balaban J connectivity index is 2.19. The third-order valence-corrected chi connectivity index (χ3v) is 3.20. The van der Waals surface area contributed by atoms with Crippen molar-refractivity contribution in [2.75, 3.05) is 25.1 Å². The topological polar surface area (TPSA) is 36.3 Å². The zero-order valence-electron chi connectivity index (χ0n) is 9.11. The van der Waals surface area contributed by atoms with Gasteiger partial charge in [-0.3, -0.25) is 0 Å². The summed E-state index contributed by atoms with van der Waals surface area (Å²) in [4.78, 5) is 2.19. The minimum Gasteiger partial charge on any atom is -0.380 e. The van der Waals surface area contributed by atoms with Crippen molar-refractivity contribution in [1.29, 1.82) is 5.26 Å². The molecule has 0 aliphatic carbocycles. The minimum absolute atomic E-state index is 0.284. The maximum absolute atomic E-state index is 8.76. The van der Waals surface area contributed by atoms with Gasteiger partial charge in [-0.05, 0) is 24.6 Å². The number of hydrogen-bond donors (Lipinski definition) is 0. The standard InChI is InChI=1S/C12H13ClN2O/c1-16-10-4-5-15(8-10)12-3-2-9(7-14)6-11(12)13/h2-3,6,10H,4-5,8H2,1H3. The van der Waals surface area contributed by atoms with Crippen LogP contribution in [0, 0.1) is 11.3 Å². The highest BCUT2D eigenvalue weighted by atomic mass is 35.5. The Labute approximate surface area is 100 Å². The number of halogens is 1. The van der Waals surface area contributed by atoms with Crippen LogP contribution in [0.2, 0.25) is 5.02 Å². The van der Waals surface area contributed by atoms with Crippen molar-refractivity contribution >= 4 is 17.3 Å². The number of rotatable bonds is 2. The first kappa shape index (κ1) is 11.3. The number of benzene rings is 1. The molecule has 16 heavy (non-hydrogen) atoms. The number of hydrogen-bond acceptors (Lipinski definition) is 3. The van der Waals surface area contributed by atoms with E-state index in [2.05, 4.69) is 11.0 Å². The highest BCUT2D eigenvalue weighted by Gasteiger charge is 2.23. The molecule has 1 unspecified atom stereocenters. The van der Waals surface area contributed by atoms with Crippen LogP contribution in [0.3, 0.4) is 0 Å². The molecule has 1 saturated heterocycles. The molecule has 0 saturated carbocycles. The van der Waals surface area contributed by atoms with Gasteiger partial charge < -0.3 is 9.64 Å². The van der Waals surface area contributed by atoms with E-state index in [-0.39, 0.29) is 6.10 Å². The molecule has 1 aliphatic heterocycles. The summed E-state index contributed by atoms with van der Waals surface area (Å²) in [5.74, 6) is 0. The lowest BCUT2D eigenvalue weighted by Crippen LogP contribution is -2.22. The molecule has 4 heteroatoms. The first-order valence-electron chi connectivity index (χ1n) is 5.22. The Kier molecular flexibility index (Phi) is 3.33. The van der Waals surface area contributed by atoms with E-state index in [0.29, 0.717) is 10.6 Å². The Hall–Kier alpha value is -1.24. The quantitative estimate of drug-likeness (QED) is 0.791. The van der Waals surface area contributed by atoms with E-state index < -0.39 is 0 Å². The van der Waals surface area contributed by atoms with Gasteiger partial charge >= 0.3 is 0 Å². The fourth-order valence-corrected chi connectivity index (χ4v) is 2.27. The Morgan fingerprint density at radius 1 is 1.56 bits per heavy atom. The third kappa shape index (κ3) is 2.13. The van der Waals surface area contributed by atoms with Crippen molar-refractivity contribution < 1.29 is 4.74 Å². The highest BCUT2D eigenvalue weighted by molar-refractivity contribution is 6.33. The Morgan fingerprint density at radius 2 is 2.38 bits per heavy atom. The van der Waals surface area contributed by atoms with Crippen LogP contribution in [0.4, 0.5) is 5.69 Å². The van der Waals surface area contributed by atoms with E-state index in [9.17, 15) is 0 Å². The van der Waals surface area contributed by atoms with Crippen LogP contribution in [0.1, 0.15) is 12.0 Å². The van der Waals surface area contributed by atoms with Crippen molar-refractivity contribution in [3.05, 3.63) is 28.8 Å². The van der Waals surface area contributed by atoms with Crippen LogP contribution in [-0.2, 0) is 4.74 Å². The van der Waals surface area contributed by atoms with Gasteiger partial charge in [0.15, 0.2) is 0 Å². The van der Waals surface area contributed by atoms with Gasteiger partial charge in [0.1, 0.15) is 0 Å². The summed E-state index contributed by atoms with van der Waals surface area (Å²) in [6, 6.07) is 7.48. The third-order valence-electron chi connectivity index (χ3n) is 2.90. The molecule has 0 aromatic heterocycles. The van der Waals surface area contributed by atoms with E-state index in [1.54, 1.807) is 19.2 Å². The molecule has 84 valence electrons. The lowest BCUT2D eigenvalue weighted by atomic mass is 10.2. The summed E-state index contributed by atoms with van der Waals surface area (Å²) in [5, 5.41) is 9.39. The fourth-order valence-electron chi connectivity index (χ4n) is 1.97. The van der Waals surface area contributed by atoms with E-state index in [0.717, 1.165) is 25.2 Å². The maximum atomic E-state index is 8.76. The van der Waals surface area contributed by atoms with E-state index in [1.807, 2.05) is 6.07 Å². The smallest absolute Gasteiger partial charge is 0.0992 e. The zero-order valence-corrected chi connectivity index (χ0v) is 9.87. The molecule has 1 heterocycles. The predicted octanol–water partition coefficient (Wildman–Crippen LogP) is 2.44. The van der Waals surface area contributed by atoms with Crippen LogP contribution in [0.15, 0.2) is 18.2 Å². The van der Waals surface area contributed by atoms with Gasteiger partial charge in [0.2, 0.25) is 0 Å². The van der Waals surface area contributed by atoms with Crippen LogP contribution >= 0.6 is 11.6 Å². The van der Waals surface area contributed by atoms with Crippen LogP contribution in [0.25, 0.3) is 0 Å². The second kappa shape index (κ2) is 4.73. The molecular formula is C12H13ClN2O. The van der Waals surface area contributed by atoms with Crippen molar-refractivity contribution in [1.82, 2.24) is 0 Å². The van der Waals surface area contributed by atoms with Crippen LogP contribution < -0.4 is 4.90 Å². The van der Waals surface area contributed by atoms with Gasteiger partial charge in [-0.25, -0.2) is 0 Å². The summed E-state index contributed by atoms with van der Waals surface area (Å²) in [6.45, 7) is 1.81. The second-order valence-electron chi connectivity index (χ2n) is 3.87. The molecule has 1 atom stereocenters. The van der Waals surface area contributed by atoms with Gasteiger partial charge in [-0.2, -0.15) is 5.26 Å². The fraction of sp³-hybridized carbons (Fsp3) is 0.417. The highest BCUT2D eigenvalue weighted by Crippen LogP contribution is 2.29. The molecule has 1 fully saturated rings. The van der Waals surface area contributed by atoms with E-state index >= 15 is 0 Å². The molecule has 0 amide bonds. The molecule has 1 aliphatic rings. The second-order valence-corrected chi connectivity index (χ2v) is 4.28. The van der Waals surface area contributed by atoms with Crippen LogP contribution in [-0.4, -0.2) is 26.3 Å².